The number of hydrogen-bond acceptors (Lipinski definition) is 7. The number of anilines is 1. The lowest BCUT2D eigenvalue weighted by Gasteiger charge is -2.30. The zero-order chi connectivity index (χ0) is 27.6. The molecule has 1 aliphatic carbocycles. The molecule has 8 heteroatoms. The first-order valence-electron chi connectivity index (χ1n) is 13.1. The van der Waals surface area contributed by atoms with Crippen molar-refractivity contribution in [1.82, 2.24) is 20.2 Å². The van der Waals surface area contributed by atoms with Gasteiger partial charge in [-0.2, -0.15) is 4.68 Å². The summed E-state index contributed by atoms with van der Waals surface area (Å²) in [6.07, 6.45) is 6.56. The minimum atomic E-state index is -0.306. The van der Waals surface area contributed by atoms with E-state index in [4.69, 9.17) is 9.47 Å². The number of benzene rings is 3. The lowest BCUT2D eigenvalue weighted by Crippen LogP contribution is -2.26. The van der Waals surface area contributed by atoms with Crippen molar-refractivity contribution in [3.05, 3.63) is 131 Å². The van der Waals surface area contributed by atoms with Gasteiger partial charge < -0.3 is 14.8 Å². The highest BCUT2D eigenvalue weighted by atomic mass is 16.5. The highest BCUT2D eigenvalue weighted by molar-refractivity contribution is 5.91. The molecule has 0 amide bonds. The van der Waals surface area contributed by atoms with Crippen molar-refractivity contribution in [2.24, 2.45) is 0 Å². The van der Waals surface area contributed by atoms with Gasteiger partial charge in [-0.3, -0.25) is 0 Å². The first kappa shape index (κ1) is 25.3. The summed E-state index contributed by atoms with van der Waals surface area (Å²) in [4.78, 5) is 11.7. The highest BCUT2D eigenvalue weighted by Gasteiger charge is 2.33. The fourth-order valence-corrected chi connectivity index (χ4v) is 5.40. The van der Waals surface area contributed by atoms with Crippen molar-refractivity contribution >= 4 is 22.7 Å². The van der Waals surface area contributed by atoms with E-state index in [1.807, 2.05) is 37.3 Å². The molecule has 0 saturated heterocycles. The topological polar surface area (TPSA) is 91.2 Å². The molecular weight excluding hydrogens is 502 g/mol. The molecule has 2 heterocycles. The first-order valence-corrected chi connectivity index (χ1v) is 13.1. The van der Waals surface area contributed by atoms with Crippen molar-refractivity contribution in [3.63, 3.8) is 0 Å². The first-order chi connectivity index (χ1) is 19.5. The summed E-state index contributed by atoms with van der Waals surface area (Å²) in [5, 5.41) is 18.0. The van der Waals surface area contributed by atoms with Crippen LogP contribution >= 0.6 is 0 Å². The van der Waals surface area contributed by atoms with Crippen LogP contribution in [0.2, 0.25) is 0 Å². The van der Waals surface area contributed by atoms with E-state index in [9.17, 15) is 4.79 Å². The van der Waals surface area contributed by atoms with E-state index in [-0.39, 0.29) is 17.9 Å². The van der Waals surface area contributed by atoms with E-state index >= 15 is 0 Å². The third kappa shape index (κ3) is 4.68. The molecule has 200 valence electrons. The number of carbonyl (C=O) groups is 1. The summed E-state index contributed by atoms with van der Waals surface area (Å²) in [5.41, 5.74) is 5.66. The van der Waals surface area contributed by atoms with Crippen LogP contribution in [-0.2, 0) is 20.9 Å². The predicted octanol–water partition coefficient (Wildman–Crippen LogP) is 5.99. The lowest BCUT2D eigenvalue weighted by atomic mass is 9.90. The Kier molecular flexibility index (Phi) is 6.74. The molecule has 0 spiro atoms. The summed E-state index contributed by atoms with van der Waals surface area (Å²) in [6, 6.07) is 22.6. The SMILES string of the molecule is C=C(OCc1ccc(C2C=CC(C(=O)OC)=CC2)cc1)C1=C(C)Nc2nnnn2C1c1cccc2ccccc12. The largest absolute Gasteiger partial charge is 0.489 e. The van der Waals surface area contributed by atoms with E-state index < -0.39 is 0 Å². The van der Waals surface area contributed by atoms with Crippen molar-refractivity contribution in [2.45, 2.75) is 31.9 Å². The number of carbonyl (C=O) groups excluding carboxylic acids is 1. The Hall–Kier alpha value is -4.98. The number of ether oxygens (including phenoxy) is 2. The van der Waals surface area contributed by atoms with Gasteiger partial charge in [-0.05, 0) is 51.2 Å². The Balaban J connectivity index is 1.21. The molecule has 1 aliphatic heterocycles. The molecule has 40 heavy (non-hydrogen) atoms. The van der Waals surface area contributed by atoms with E-state index in [1.54, 1.807) is 4.68 Å². The number of tetrazole rings is 1. The van der Waals surface area contributed by atoms with Crippen molar-refractivity contribution in [2.75, 3.05) is 12.4 Å². The van der Waals surface area contributed by atoms with Gasteiger partial charge in [-0.1, -0.05) is 96.6 Å². The number of methoxy groups -OCH3 is 1. The molecule has 6 rings (SSSR count). The maximum absolute atomic E-state index is 11.7. The number of hydrogen-bond donors (Lipinski definition) is 1. The van der Waals surface area contributed by atoms with E-state index in [0.29, 0.717) is 23.9 Å². The summed E-state index contributed by atoms with van der Waals surface area (Å²) in [7, 11) is 1.40. The zero-order valence-corrected chi connectivity index (χ0v) is 22.4. The van der Waals surface area contributed by atoms with Crippen molar-refractivity contribution < 1.29 is 14.3 Å². The second-order valence-electron chi connectivity index (χ2n) is 9.89. The van der Waals surface area contributed by atoms with Gasteiger partial charge in [-0.15, -0.1) is 0 Å². The fourth-order valence-electron chi connectivity index (χ4n) is 5.40. The maximum Gasteiger partial charge on any atom is 0.337 e. The Morgan fingerprint density at radius 1 is 1.10 bits per heavy atom. The summed E-state index contributed by atoms with van der Waals surface area (Å²) in [5.74, 6) is 1.04. The van der Waals surface area contributed by atoms with Gasteiger partial charge in [0.05, 0.1) is 12.7 Å². The number of nitrogens with zero attached hydrogens (tertiary/aromatic N) is 4. The molecule has 0 fully saturated rings. The van der Waals surface area contributed by atoms with Gasteiger partial charge in [0, 0.05) is 17.2 Å². The number of esters is 1. The Labute approximate surface area is 232 Å². The lowest BCUT2D eigenvalue weighted by molar-refractivity contribution is -0.135. The van der Waals surface area contributed by atoms with Crippen LogP contribution in [0.15, 0.2) is 114 Å². The van der Waals surface area contributed by atoms with Crippen LogP contribution in [0.25, 0.3) is 10.8 Å². The van der Waals surface area contributed by atoms with E-state index in [1.165, 1.54) is 12.7 Å². The van der Waals surface area contributed by atoms with Crippen molar-refractivity contribution in [3.8, 4) is 0 Å². The average molecular weight is 532 g/mol. The van der Waals surface area contributed by atoms with Gasteiger partial charge >= 0.3 is 5.97 Å². The normalized spacial score (nSPS) is 18.1. The third-order valence-electron chi connectivity index (χ3n) is 7.47. The molecule has 1 N–H and O–H groups in total. The molecule has 2 unspecified atom stereocenters. The Bertz CT molecular complexity index is 1690. The van der Waals surface area contributed by atoms with Crippen LogP contribution < -0.4 is 5.32 Å². The minimum Gasteiger partial charge on any atom is -0.489 e. The minimum absolute atomic E-state index is 0.214. The summed E-state index contributed by atoms with van der Waals surface area (Å²) >= 11 is 0. The second kappa shape index (κ2) is 10.6. The quantitative estimate of drug-likeness (QED) is 0.231. The van der Waals surface area contributed by atoms with E-state index in [2.05, 4.69) is 82.0 Å². The highest BCUT2D eigenvalue weighted by Crippen LogP contribution is 2.40. The smallest absolute Gasteiger partial charge is 0.337 e. The molecule has 1 aromatic heterocycles. The monoisotopic (exact) mass is 531 g/mol. The zero-order valence-electron chi connectivity index (χ0n) is 22.4. The maximum atomic E-state index is 11.7. The van der Waals surface area contributed by atoms with Crippen LogP contribution in [0.5, 0.6) is 0 Å². The Morgan fingerprint density at radius 3 is 2.67 bits per heavy atom. The molecule has 0 bridgehead atoms. The molecular formula is C32H29N5O3. The number of aromatic nitrogens is 4. The van der Waals surface area contributed by atoms with Crippen LogP contribution in [0, 0.1) is 0 Å². The van der Waals surface area contributed by atoms with Gasteiger partial charge in [0.25, 0.3) is 0 Å². The molecule has 2 atom stereocenters. The standard InChI is InChI=1S/C32H29N5O3/c1-20-29(30(37-32(33-20)34-35-36-37)28-10-6-8-25-7-4-5-9-27(25)28)21(2)40-19-22-11-13-23(14-12-22)24-15-17-26(18-16-24)31(38)39-3/h4-15,17-18,24,30H,2,16,19H2,1,3H3,(H,33,34,36). The number of fused-ring (bicyclic) bond motifs is 2. The van der Waals surface area contributed by atoms with Crippen LogP contribution in [-0.4, -0.2) is 33.3 Å². The predicted molar refractivity (Wildman–Crippen MR) is 153 cm³/mol. The van der Waals surface area contributed by atoms with E-state index in [0.717, 1.165) is 39.6 Å². The molecule has 4 aromatic rings. The summed E-state index contributed by atoms with van der Waals surface area (Å²) < 4.78 is 12.9. The molecule has 8 nitrogen and oxygen atoms in total. The number of nitrogens with one attached hydrogen (secondary N) is 1. The number of allylic oxidation sites excluding steroid dienone is 4. The van der Waals surface area contributed by atoms with Crippen molar-refractivity contribution in [1.29, 1.82) is 0 Å². The molecule has 0 saturated carbocycles. The van der Waals surface area contributed by atoms with Crippen LogP contribution in [0.3, 0.4) is 0 Å². The van der Waals surface area contributed by atoms with Gasteiger partial charge in [0.1, 0.15) is 18.4 Å². The van der Waals surface area contributed by atoms with Gasteiger partial charge in [0.2, 0.25) is 5.95 Å². The Morgan fingerprint density at radius 2 is 1.90 bits per heavy atom. The number of rotatable bonds is 7. The second-order valence-corrected chi connectivity index (χ2v) is 9.89. The van der Waals surface area contributed by atoms with Crippen LogP contribution in [0.4, 0.5) is 5.95 Å². The van der Waals surface area contributed by atoms with Gasteiger partial charge in [0.15, 0.2) is 0 Å². The third-order valence-corrected chi connectivity index (χ3v) is 7.47. The average Bonchev–Trinajstić information content (AvgIpc) is 3.47. The molecule has 0 radical (unpaired) electrons. The van der Waals surface area contributed by atoms with Gasteiger partial charge in [-0.25, -0.2) is 4.79 Å². The fraction of sp³-hybridized carbons (Fsp3) is 0.188. The molecule has 3 aromatic carbocycles. The van der Waals surface area contributed by atoms with Crippen LogP contribution in [0.1, 0.15) is 42.0 Å². The summed E-state index contributed by atoms with van der Waals surface area (Å²) in [6.45, 7) is 6.68. The molecule has 2 aliphatic rings.